The molecule has 1 aliphatic heterocycles. The van der Waals surface area contributed by atoms with E-state index in [0.717, 1.165) is 38.4 Å². The Morgan fingerprint density at radius 3 is 2.92 bits per heavy atom. The zero-order chi connectivity index (χ0) is 16.9. The Morgan fingerprint density at radius 1 is 1.25 bits per heavy atom. The van der Waals surface area contributed by atoms with Crippen molar-refractivity contribution in [2.45, 2.75) is 38.6 Å². The summed E-state index contributed by atoms with van der Waals surface area (Å²) >= 11 is 0. The highest BCUT2D eigenvalue weighted by Gasteiger charge is 2.26. The Morgan fingerprint density at radius 2 is 2.12 bits per heavy atom. The van der Waals surface area contributed by atoms with Gasteiger partial charge >= 0.3 is 0 Å². The van der Waals surface area contributed by atoms with Gasteiger partial charge in [-0.1, -0.05) is 6.07 Å². The molecule has 0 amide bonds. The fourth-order valence-corrected chi connectivity index (χ4v) is 3.62. The molecule has 0 N–H and O–H groups in total. The van der Waals surface area contributed by atoms with Crippen LogP contribution in [0.4, 0.5) is 5.82 Å². The van der Waals surface area contributed by atoms with E-state index in [2.05, 4.69) is 52.6 Å². The minimum absolute atomic E-state index is 0.495. The number of anilines is 1. The fourth-order valence-electron chi connectivity index (χ4n) is 3.62. The Hall–Kier alpha value is -1.88. The fraction of sp³-hybridized carbons (Fsp3) is 0.579. The molecule has 3 rings (SSSR count). The van der Waals surface area contributed by atoms with Gasteiger partial charge in [0.25, 0.3) is 0 Å². The Labute approximate surface area is 145 Å². The number of nitrogens with zero attached hydrogens (tertiary/aromatic N) is 5. The van der Waals surface area contributed by atoms with Crippen LogP contribution in [0, 0.1) is 6.92 Å². The minimum atomic E-state index is 0.495. The van der Waals surface area contributed by atoms with Crippen molar-refractivity contribution >= 4 is 5.82 Å². The van der Waals surface area contributed by atoms with Crippen molar-refractivity contribution in [3.8, 4) is 0 Å². The SMILES string of the molecule is Cc1cccnc1N1CCC[C@@H](c2nccn2CCCN(C)C)C1. The molecule has 5 heteroatoms. The molecule has 1 aliphatic rings. The number of aryl methyl sites for hydroxylation is 2. The first-order chi connectivity index (χ1) is 11.6. The molecule has 0 unspecified atom stereocenters. The van der Waals surface area contributed by atoms with Crippen molar-refractivity contribution < 1.29 is 0 Å². The van der Waals surface area contributed by atoms with Gasteiger partial charge in [-0.25, -0.2) is 9.97 Å². The Bertz CT molecular complexity index is 649. The maximum atomic E-state index is 4.69. The van der Waals surface area contributed by atoms with Crippen molar-refractivity contribution in [3.05, 3.63) is 42.1 Å². The summed E-state index contributed by atoms with van der Waals surface area (Å²) in [5.74, 6) is 2.87. The van der Waals surface area contributed by atoms with Crippen LogP contribution in [-0.4, -0.2) is 53.2 Å². The molecule has 24 heavy (non-hydrogen) atoms. The van der Waals surface area contributed by atoms with Crippen molar-refractivity contribution in [2.24, 2.45) is 0 Å². The second kappa shape index (κ2) is 7.79. The molecule has 0 saturated carbocycles. The molecule has 130 valence electrons. The van der Waals surface area contributed by atoms with Crippen molar-refractivity contribution in [2.75, 3.05) is 38.6 Å². The van der Waals surface area contributed by atoms with Crippen molar-refractivity contribution in [3.63, 3.8) is 0 Å². The standard InChI is InChI=1S/C19H29N5/c1-16-7-4-9-20-18(16)24-12-5-8-17(15-24)19-21-10-14-23(19)13-6-11-22(2)3/h4,7,9-10,14,17H,5-6,8,11-13,15H2,1-3H3/t17-/m1/s1. The summed E-state index contributed by atoms with van der Waals surface area (Å²) in [5, 5.41) is 0. The van der Waals surface area contributed by atoms with E-state index in [0.29, 0.717) is 5.92 Å². The van der Waals surface area contributed by atoms with Crippen LogP contribution in [0.3, 0.4) is 0 Å². The maximum absolute atomic E-state index is 4.69. The van der Waals surface area contributed by atoms with E-state index in [1.807, 2.05) is 18.5 Å². The third-order valence-electron chi connectivity index (χ3n) is 4.82. The summed E-state index contributed by atoms with van der Waals surface area (Å²) < 4.78 is 2.35. The monoisotopic (exact) mass is 327 g/mol. The van der Waals surface area contributed by atoms with Gasteiger partial charge in [0.05, 0.1) is 0 Å². The van der Waals surface area contributed by atoms with Gasteiger partial charge in [-0.15, -0.1) is 0 Å². The lowest BCUT2D eigenvalue weighted by Gasteiger charge is -2.34. The highest BCUT2D eigenvalue weighted by Crippen LogP contribution is 2.29. The van der Waals surface area contributed by atoms with E-state index in [-0.39, 0.29) is 0 Å². The number of aromatic nitrogens is 3. The zero-order valence-electron chi connectivity index (χ0n) is 15.1. The predicted molar refractivity (Wildman–Crippen MR) is 98.6 cm³/mol. The molecule has 5 nitrogen and oxygen atoms in total. The van der Waals surface area contributed by atoms with Gasteiger partial charge in [-0.3, -0.25) is 0 Å². The molecular weight excluding hydrogens is 298 g/mol. The number of rotatable bonds is 6. The summed E-state index contributed by atoms with van der Waals surface area (Å²) in [6, 6.07) is 4.16. The Kier molecular flexibility index (Phi) is 5.51. The number of hydrogen-bond donors (Lipinski definition) is 0. The molecule has 0 aromatic carbocycles. The minimum Gasteiger partial charge on any atom is -0.356 e. The first-order valence-electron chi connectivity index (χ1n) is 8.97. The van der Waals surface area contributed by atoms with Crippen LogP contribution in [0.1, 0.15) is 36.6 Å². The van der Waals surface area contributed by atoms with Crippen molar-refractivity contribution in [1.82, 2.24) is 19.4 Å². The van der Waals surface area contributed by atoms with Crippen LogP contribution in [-0.2, 0) is 6.54 Å². The van der Waals surface area contributed by atoms with Crippen LogP contribution >= 0.6 is 0 Å². The van der Waals surface area contributed by atoms with Crippen LogP contribution in [0.15, 0.2) is 30.7 Å². The number of piperidine rings is 1. The summed E-state index contributed by atoms with van der Waals surface area (Å²) in [4.78, 5) is 14.0. The molecule has 1 atom stereocenters. The van der Waals surface area contributed by atoms with Crippen LogP contribution in [0.25, 0.3) is 0 Å². The highest BCUT2D eigenvalue weighted by atomic mass is 15.2. The van der Waals surface area contributed by atoms with E-state index in [4.69, 9.17) is 4.98 Å². The van der Waals surface area contributed by atoms with Gasteiger partial charge in [0.2, 0.25) is 0 Å². The summed E-state index contributed by atoms with van der Waals surface area (Å²) in [6.45, 7) is 6.42. The van der Waals surface area contributed by atoms with Gasteiger partial charge < -0.3 is 14.4 Å². The van der Waals surface area contributed by atoms with E-state index >= 15 is 0 Å². The highest BCUT2D eigenvalue weighted by molar-refractivity contribution is 5.46. The number of hydrogen-bond acceptors (Lipinski definition) is 4. The second-order valence-electron chi connectivity index (χ2n) is 7.06. The first-order valence-corrected chi connectivity index (χ1v) is 8.97. The third-order valence-corrected chi connectivity index (χ3v) is 4.82. The quantitative estimate of drug-likeness (QED) is 0.817. The van der Waals surface area contributed by atoms with Crippen molar-refractivity contribution in [1.29, 1.82) is 0 Å². The van der Waals surface area contributed by atoms with E-state index in [1.165, 1.54) is 24.2 Å². The predicted octanol–water partition coefficient (Wildman–Crippen LogP) is 2.92. The van der Waals surface area contributed by atoms with Gasteiger partial charge in [-0.05, 0) is 58.5 Å². The molecule has 0 radical (unpaired) electrons. The van der Waals surface area contributed by atoms with E-state index < -0.39 is 0 Å². The zero-order valence-corrected chi connectivity index (χ0v) is 15.1. The smallest absolute Gasteiger partial charge is 0.131 e. The molecule has 0 bridgehead atoms. The third kappa shape index (κ3) is 3.96. The summed E-state index contributed by atoms with van der Waals surface area (Å²) in [6.07, 6.45) is 9.56. The summed E-state index contributed by atoms with van der Waals surface area (Å²) in [5.41, 5.74) is 1.26. The number of imidazole rings is 1. The largest absolute Gasteiger partial charge is 0.356 e. The molecule has 0 spiro atoms. The van der Waals surface area contributed by atoms with Crippen LogP contribution < -0.4 is 4.90 Å². The van der Waals surface area contributed by atoms with Gasteiger partial charge in [0.1, 0.15) is 11.6 Å². The lowest BCUT2D eigenvalue weighted by molar-refractivity contribution is 0.380. The molecule has 2 aromatic heterocycles. The van der Waals surface area contributed by atoms with Gasteiger partial charge in [0.15, 0.2) is 0 Å². The van der Waals surface area contributed by atoms with Gasteiger partial charge in [-0.2, -0.15) is 0 Å². The average molecular weight is 327 g/mol. The molecular formula is C19H29N5. The van der Waals surface area contributed by atoms with Crippen LogP contribution in [0.5, 0.6) is 0 Å². The lowest BCUT2D eigenvalue weighted by atomic mass is 9.96. The van der Waals surface area contributed by atoms with E-state index in [9.17, 15) is 0 Å². The molecule has 1 fully saturated rings. The van der Waals surface area contributed by atoms with Gasteiger partial charge in [0, 0.05) is 44.1 Å². The second-order valence-corrected chi connectivity index (χ2v) is 7.06. The Balaban J connectivity index is 1.69. The normalized spacial score (nSPS) is 18.3. The topological polar surface area (TPSA) is 37.2 Å². The van der Waals surface area contributed by atoms with Crippen LogP contribution in [0.2, 0.25) is 0 Å². The maximum Gasteiger partial charge on any atom is 0.131 e. The molecule has 0 aliphatic carbocycles. The lowest BCUT2D eigenvalue weighted by Crippen LogP contribution is -2.36. The molecule has 1 saturated heterocycles. The van der Waals surface area contributed by atoms with E-state index in [1.54, 1.807) is 0 Å². The first kappa shape index (κ1) is 17.0. The summed E-state index contributed by atoms with van der Waals surface area (Å²) in [7, 11) is 4.26. The number of pyridine rings is 1. The molecule has 3 heterocycles. The average Bonchev–Trinajstić information content (AvgIpc) is 3.03. The molecule has 2 aromatic rings.